The third-order valence-electron chi connectivity index (χ3n) is 3.11. The zero-order chi connectivity index (χ0) is 17.9. The van der Waals surface area contributed by atoms with Gasteiger partial charge in [0, 0.05) is 7.05 Å². The van der Waals surface area contributed by atoms with Crippen LogP contribution in [0.5, 0.6) is 0 Å². The minimum atomic E-state index is -4.14. The molecule has 0 unspecified atom stereocenters. The number of amides is 1. The Morgan fingerprint density at radius 3 is 2.46 bits per heavy atom. The highest BCUT2D eigenvalue weighted by Crippen LogP contribution is 2.21. The number of carbonyl (C=O) groups is 1. The second kappa shape index (κ2) is 7.25. The lowest BCUT2D eigenvalue weighted by Gasteiger charge is -2.17. The maximum absolute atomic E-state index is 13.2. The standard InChI is InChI=1S/C15H13ClF2N2O3S/c1-20(9-15(21)19-14-5-3-2-4-11(14)16)24(22,23)10-6-7-12(17)13(18)8-10/h2-8H,9H2,1H3,(H,19,21). The molecule has 0 radical (unpaired) electrons. The van der Waals surface area contributed by atoms with E-state index in [2.05, 4.69) is 5.32 Å². The largest absolute Gasteiger partial charge is 0.324 e. The molecule has 2 aromatic rings. The number of anilines is 1. The first-order valence-corrected chi connectivity index (χ1v) is 8.49. The predicted molar refractivity (Wildman–Crippen MR) is 86.3 cm³/mol. The van der Waals surface area contributed by atoms with Gasteiger partial charge in [-0.3, -0.25) is 4.79 Å². The van der Waals surface area contributed by atoms with Gasteiger partial charge in [0.25, 0.3) is 0 Å². The smallest absolute Gasteiger partial charge is 0.243 e. The quantitative estimate of drug-likeness (QED) is 0.875. The van der Waals surface area contributed by atoms with Crippen molar-refractivity contribution in [1.29, 1.82) is 0 Å². The maximum atomic E-state index is 13.2. The van der Waals surface area contributed by atoms with Crippen molar-refractivity contribution < 1.29 is 22.0 Å². The molecular formula is C15H13ClF2N2O3S. The Labute approximate surface area is 142 Å². The molecule has 5 nitrogen and oxygen atoms in total. The molecule has 0 saturated carbocycles. The van der Waals surface area contributed by atoms with Crippen molar-refractivity contribution in [2.75, 3.05) is 18.9 Å². The highest BCUT2D eigenvalue weighted by Gasteiger charge is 2.24. The van der Waals surface area contributed by atoms with Crippen molar-refractivity contribution in [2.45, 2.75) is 4.90 Å². The molecular weight excluding hydrogens is 362 g/mol. The van der Waals surface area contributed by atoms with Gasteiger partial charge in [-0.1, -0.05) is 23.7 Å². The molecule has 0 aliphatic heterocycles. The number of likely N-dealkylation sites (N-methyl/N-ethyl adjacent to an activating group) is 1. The van der Waals surface area contributed by atoms with E-state index >= 15 is 0 Å². The molecule has 0 aliphatic carbocycles. The van der Waals surface area contributed by atoms with E-state index in [-0.39, 0.29) is 0 Å². The fourth-order valence-corrected chi connectivity index (χ4v) is 3.18. The Morgan fingerprint density at radius 1 is 1.17 bits per heavy atom. The maximum Gasteiger partial charge on any atom is 0.243 e. The van der Waals surface area contributed by atoms with Gasteiger partial charge >= 0.3 is 0 Å². The topological polar surface area (TPSA) is 66.5 Å². The van der Waals surface area contributed by atoms with Crippen molar-refractivity contribution in [1.82, 2.24) is 4.31 Å². The third-order valence-corrected chi connectivity index (χ3v) is 5.24. The van der Waals surface area contributed by atoms with Gasteiger partial charge in [0.05, 0.1) is 22.2 Å². The highest BCUT2D eigenvalue weighted by molar-refractivity contribution is 7.89. The summed E-state index contributed by atoms with van der Waals surface area (Å²) in [4.78, 5) is 11.5. The lowest BCUT2D eigenvalue weighted by atomic mass is 10.3. The van der Waals surface area contributed by atoms with Crippen LogP contribution in [0.2, 0.25) is 5.02 Å². The number of hydrogen-bond donors (Lipinski definition) is 1. The van der Waals surface area contributed by atoms with E-state index in [1.54, 1.807) is 24.3 Å². The summed E-state index contributed by atoms with van der Waals surface area (Å²) in [6.45, 7) is -0.521. The summed E-state index contributed by atoms with van der Waals surface area (Å²) in [6.07, 6.45) is 0. The number of benzene rings is 2. The molecule has 0 saturated heterocycles. The molecule has 1 amide bonds. The number of hydrogen-bond acceptors (Lipinski definition) is 3. The van der Waals surface area contributed by atoms with Gasteiger partial charge in [-0.25, -0.2) is 17.2 Å². The van der Waals surface area contributed by atoms with Crippen LogP contribution in [0.3, 0.4) is 0 Å². The van der Waals surface area contributed by atoms with Crippen LogP contribution in [0.15, 0.2) is 47.4 Å². The van der Waals surface area contributed by atoms with Gasteiger partial charge in [-0.15, -0.1) is 0 Å². The number of rotatable bonds is 5. The third kappa shape index (κ3) is 4.08. The first kappa shape index (κ1) is 18.3. The second-order valence-electron chi connectivity index (χ2n) is 4.87. The number of sulfonamides is 1. The molecule has 1 N–H and O–H groups in total. The van der Waals surface area contributed by atoms with Gasteiger partial charge in [-0.2, -0.15) is 4.31 Å². The Morgan fingerprint density at radius 2 is 1.83 bits per heavy atom. The molecule has 0 spiro atoms. The summed E-state index contributed by atoms with van der Waals surface area (Å²) in [6, 6.07) is 8.66. The molecule has 0 atom stereocenters. The zero-order valence-corrected chi connectivity index (χ0v) is 14.0. The molecule has 0 aromatic heterocycles. The predicted octanol–water partition coefficient (Wildman–Crippen LogP) is 2.88. The van der Waals surface area contributed by atoms with E-state index in [9.17, 15) is 22.0 Å². The molecule has 0 bridgehead atoms. The first-order valence-electron chi connectivity index (χ1n) is 6.67. The van der Waals surface area contributed by atoms with Gasteiger partial charge in [0.1, 0.15) is 0 Å². The van der Waals surface area contributed by atoms with Crippen LogP contribution < -0.4 is 5.32 Å². The van der Waals surface area contributed by atoms with Crippen LogP contribution >= 0.6 is 11.6 Å². The monoisotopic (exact) mass is 374 g/mol. The molecule has 0 heterocycles. The Hall–Kier alpha value is -2.03. The van der Waals surface area contributed by atoms with E-state index in [0.717, 1.165) is 17.4 Å². The van der Waals surface area contributed by atoms with Gasteiger partial charge in [0.2, 0.25) is 15.9 Å². The summed E-state index contributed by atoms with van der Waals surface area (Å²) >= 11 is 5.90. The minimum Gasteiger partial charge on any atom is -0.324 e. The Bertz CT molecular complexity index is 875. The van der Waals surface area contributed by atoms with Gasteiger partial charge < -0.3 is 5.32 Å². The number of halogens is 3. The van der Waals surface area contributed by atoms with E-state index in [4.69, 9.17) is 11.6 Å². The number of nitrogens with zero attached hydrogens (tertiary/aromatic N) is 1. The normalized spacial score (nSPS) is 11.5. The highest BCUT2D eigenvalue weighted by atomic mass is 35.5. The molecule has 2 aromatic carbocycles. The zero-order valence-electron chi connectivity index (χ0n) is 12.5. The van der Waals surface area contributed by atoms with Crippen LogP contribution in [0.25, 0.3) is 0 Å². The summed E-state index contributed by atoms with van der Waals surface area (Å²) < 4.78 is 51.4. The Balaban J connectivity index is 2.13. The molecule has 24 heavy (non-hydrogen) atoms. The van der Waals surface area contributed by atoms with E-state index < -0.39 is 39.0 Å². The van der Waals surface area contributed by atoms with Crippen LogP contribution in [0, 0.1) is 11.6 Å². The lowest BCUT2D eigenvalue weighted by molar-refractivity contribution is -0.116. The van der Waals surface area contributed by atoms with Crippen molar-refractivity contribution in [2.24, 2.45) is 0 Å². The van der Waals surface area contributed by atoms with Crippen molar-refractivity contribution in [3.05, 3.63) is 59.1 Å². The average molecular weight is 375 g/mol. The van der Waals surface area contributed by atoms with E-state index in [0.29, 0.717) is 22.8 Å². The van der Waals surface area contributed by atoms with E-state index in [1.165, 1.54) is 0 Å². The minimum absolute atomic E-state index is 0.303. The van der Waals surface area contributed by atoms with Crippen LogP contribution in [-0.4, -0.2) is 32.2 Å². The lowest BCUT2D eigenvalue weighted by Crippen LogP contribution is -2.35. The van der Waals surface area contributed by atoms with Gasteiger partial charge in [0.15, 0.2) is 11.6 Å². The number of para-hydroxylation sites is 1. The fraction of sp³-hybridized carbons (Fsp3) is 0.133. The van der Waals surface area contributed by atoms with Crippen LogP contribution in [0.1, 0.15) is 0 Å². The number of nitrogens with one attached hydrogen (secondary N) is 1. The molecule has 0 fully saturated rings. The van der Waals surface area contributed by atoms with Crippen molar-refractivity contribution >= 4 is 33.2 Å². The number of carbonyl (C=O) groups excluding carboxylic acids is 1. The van der Waals surface area contributed by atoms with Crippen LogP contribution in [-0.2, 0) is 14.8 Å². The molecule has 0 aliphatic rings. The SMILES string of the molecule is CN(CC(=O)Nc1ccccc1Cl)S(=O)(=O)c1ccc(F)c(F)c1. The van der Waals surface area contributed by atoms with Crippen LogP contribution in [0.4, 0.5) is 14.5 Å². The Kier molecular flexibility index (Phi) is 5.53. The van der Waals surface area contributed by atoms with E-state index in [1.807, 2.05) is 0 Å². The summed E-state index contributed by atoms with van der Waals surface area (Å²) in [5.41, 5.74) is 0.336. The molecule has 2 rings (SSSR count). The molecule has 128 valence electrons. The summed E-state index contributed by atoms with van der Waals surface area (Å²) in [5, 5.41) is 2.78. The second-order valence-corrected chi connectivity index (χ2v) is 7.32. The fourth-order valence-electron chi connectivity index (χ4n) is 1.86. The van der Waals surface area contributed by atoms with Crippen molar-refractivity contribution in [3.63, 3.8) is 0 Å². The first-order chi connectivity index (χ1) is 11.2. The van der Waals surface area contributed by atoms with Gasteiger partial charge in [-0.05, 0) is 30.3 Å². The summed E-state index contributed by atoms with van der Waals surface area (Å²) in [7, 11) is -2.99. The van der Waals surface area contributed by atoms with Crippen molar-refractivity contribution in [3.8, 4) is 0 Å². The molecule has 9 heteroatoms. The summed E-state index contributed by atoms with van der Waals surface area (Å²) in [5.74, 6) is -3.07. The average Bonchev–Trinajstić information content (AvgIpc) is 2.52.